The molecule has 0 saturated heterocycles. The molecule has 0 spiro atoms. The van der Waals surface area contributed by atoms with Gasteiger partial charge in [0.1, 0.15) is 10.6 Å². The van der Waals surface area contributed by atoms with Gasteiger partial charge in [0, 0.05) is 12.1 Å². The van der Waals surface area contributed by atoms with Gasteiger partial charge in [0.25, 0.3) is 5.69 Å². The molecular weight excluding hydrogens is 341 g/mol. The van der Waals surface area contributed by atoms with E-state index in [1.807, 2.05) is 0 Å². The van der Waals surface area contributed by atoms with Crippen molar-refractivity contribution in [2.45, 2.75) is 4.90 Å². The lowest BCUT2D eigenvalue weighted by molar-refractivity contribution is -0.384. The van der Waals surface area contributed by atoms with Gasteiger partial charge in [0.05, 0.1) is 15.0 Å². The number of hydrogen-bond donors (Lipinski definition) is 0. The monoisotopic (exact) mass is 347 g/mol. The molecule has 0 heterocycles. The first-order valence-electron chi connectivity index (χ1n) is 5.44. The van der Waals surface area contributed by atoms with Crippen molar-refractivity contribution in [3.05, 3.63) is 62.6 Å². The highest BCUT2D eigenvalue weighted by Gasteiger charge is 2.24. The second-order valence-electron chi connectivity index (χ2n) is 3.84. The Morgan fingerprint density at radius 1 is 1.00 bits per heavy atom. The zero-order valence-corrected chi connectivity index (χ0v) is 12.5. The number of rotatable bonds is 4. The summed E-state index contributed by atoms with van der Waals surface area (Å²) in [5, 5.41) is 10.4. The van der Waals surface area contributed by atoms with E-state index in [2.05, 4.69) is 0 Å². The SMILES string of the molecule is O=[N+]([O-])c1ccc(OS(=O)(=O)c2c(Cl)cccc2Cl)cc1. The summed E-state index contributed by atoms with van der Waals surface area (Å²) in [7, 11) is -4.24. The van der Waals surface area contributed by atoms with Crippen molar-refractivity contribution in [3.63, 3.8) is 0 Å². The molecule has 0 aliphatic heterocycles. The highest BCUT2D eigenvalue weighted by Crippen LogP contribution is 2.31. The molecule has 0 aliphatic rings. The summed E-state index contributed by atoms with van der Waals surface area (Å²) in [6.45, 7) is 0. The number of benzene rings is 2. The van der Waals surface area contributed by atoms with E-state index in [9.17, 15) is 18.5 Å². The zero-order chi connectivity index (χ0) is 15.6. The first kappa shape index (κ1) is 15.6. The molecule has 0 radical (unpaired) electrons. The smallest absolute Gasteiger partial charge is 0.342 e. The number of hydrogen-bond acceptors (Lipinski definition) is 5. The predicted octanol–water partition coefficient (Wildman–Crippen LogP) is 3.67. The molecule has 0 atom stereocenters. The highest BCUT2D eigenvalue weighted by molar-refractivity contribution is 7.87. The van der Waals surface area contributed by atoms with Gasteiger partial charge in [-0.1, -0.05) is 29.3 Å². The number of nitro benzene ring substituents is 1. The fraction of sp³-hybridized carbons (Fsp3) is 0. The van der Waals surface area contributed by atoms with Crippen LogP contribution in [0.5, 0.6) is 5.75 Å². The molecule has 0 aromatic heterocycles. The van der Waals surface area contributed by atoms with E-state index in [1.54, 1.807) is 0 Å². The van der Waals surface area contributed by atoms with E-state index < -0.39 is 15.0 Å². The fourth-order valence-electron chi connectivity index (χ4n) is 1.51. The quantitative estimate of drug-likeness (QED) is 0.478. The van der Waals surface area contributed by atoms with Gasteiger partial charge >= 0.3 is 10.1 Å². The zero-order valence-electron chi connectivity index (χ0n) is 10.2. The molecule has 0 aliphatic carbocycles. The molecule has 21 heavy (non-hydrogen) atoms. The average molecular weight is 348 g/mol. The Morgan fingerprint density at radius 2 is 1.52 bits per heavy atom. The maximum atomic E-state index is 12.1. The molecule has 2 rings (SSSR count). The van der Waals surface area contributed by atoms with Gasteiger partial charge in [-0.25, -0.2) is 0 Å². The van der Waals surface area contributed by atoms with Crippen LogP contribution in [-0.2, 0) is 10.1 Å². The summed E-state index contributed by atoms with van der Waals surface area (Å²) in [5.74, 6) is -0.0865. The van der Waals surface area contributed by atoms with Crippen LogP contribution in [0.25, 0.3) is 0 Å². The molecule has 2 aromatic carbocycles. The van der Waals surface area contributed by atoms with E-state index in [-0.39, 0.29) is 26.4 Å². The van der Waals surface area contributed by atoms with Crippen LogP contribution in [0.15, 0.2) is 47.4 Å². The van der Waals surface area contributed by atoms with Gasteiger partial charge in [-0.2, -0.15) is 8.42 Å². The molecule has 0 amide bonds. The van der Waals surface area contributed by atoms with Crippen LogP contribution in [0.1, 0.15) is 0 Å². The first-order valence-corrected chi connectivity index (χ1v) is 7.60. The number of non-ortho nitro benzene ring substituents is 1. The third kappa shape index (κ3) is 3.44. The van der Waals surface area contributed by atoms with E-state index in [1.165, 1.54) is 30.3 Å². The second-order valence-corrected chi connectivity index (χ2v) is 6.14. The largest absolute Gasteiger partial charge is 0.379 e. The Labute approximate surface area is 130 Å². The maximum absolute atomic E-state index is 12.1. The van der Waals surface area contributed by atoms with Crippen LogP contribution in [-0.4, -0.2) is 13.3 Å². The summed E-state index contributed by atoms with van der Waals surface area (Å²) in [5.41, 5.74) is -0.185. The van der Waals surface area contributed by atoms with Crippen molar-refractivity contribution >= 4 is 39.0 Å². The van der Waals surface area contributed by atoms with Crippen LogP contribution < -0.4 is 4.18 Å². The number of nitro groups is 1. The van der Waals surface area contributed by atoms with E-state index in [0.717, 1.165) is 12.1 Å². The fourth-order valence-corrected chi connectivity index (χ4v) is 3.54. The van der Waals surface area contributed by atoms with Crippen LogP contribution in [0.3, 0.4) is 0 Å². The van der Waals surface area contributed by atoms with E-state index in [0.29, 0.717) is 0 Å². The molecule has 9 heteroatoms. The van der Waals surface area contributed by atoms with Crippen LogP contribution in [0.4, 0.5) is 5.69 Å². The van der Waals surface area contributed by atoms with Crippen molar-refractivity contribution < 1.29 is 17.5 Å². The molecule has 6 nitrogen and oxygen atoms in total. The standard InChI is InChI=1S/C12H7Cl2NO5S/c13-10-2-1-3-11(14)12(10)21(18,19)20-9-6-4-8(5-7-9)15(16)17/h1-7H. The van der Waals surface area contributed by atoms with Crippen molar-refractivity contribution in [2.75, 3.05) is 0 Å². The summed E-state index contributed by atoms with van der Waals surface area (Å²) in [6, 6.07) is 8.80. The molecule has 2 aromatic rings. The van der Waals surface area contributed by atoms with Crippen LogP contribution in [0.2, 0.25) is 10.0 Å². The highest BCUT2D eigenvalue weighted by atomic mass is 35.5. The Balaban J connectivity index is 2.35. The molecule has 0 N–H and O–H groups in total. The molecule has 0 fully saturated rings. The van der Waals surface area contributed by atoms with Crippen LogP contribution >= 0.6 is 23.2 Å². The van der Waals surface area contributed by atoms with E-state index in [4.69, 9.17) is 27.4 Å². The minimum Gasteiger partial charge on any atom is -0.379 e. The first-order chi connectivity index (χ1) is 9.81. The summed E-state index contributed by atoms with van der Waals surface area (Å²) < 4.78 is 29.1. The molecule has 0 unspecified atom stereocenters. The van der Waals surface area contributed by atoms with Gasteiger partial charge < -0.3 is 4.18 Å². The lowest BCUT2D eigenvalue weighted by Gasteiger charge is -2.09. The lowest BCUT2D eigenvalue weighted by atomic mass is 10.3. The minimum atomic E-state index is -4.24. The van der Waals surface area contributed by atoms with Crippen molar-refractivity contribution in [1.82, 2.24) is 0 Å². The van der Waals surface area contributed by atoms with Gasteiger partial charge in [0.15, 0.2) is 0 Å². The second kappa shape index (κ2) is 5.88. The van der Waals surface area contributed by atoms with Crippen LogP contribution in [0, 0.1) is 10.1 Å². The summed E-state index contributed by atoms with van der Waals surface area (Å²) >= 11 is 11.6. The predicted molar refractivity (Wildman–Crippen MR) is 77.4 cm³/mol. The van der Waals surface area contributed by atoms with Crippen molar-refractivity contribution in [3.8, 4) is 5.75 Å². The Bertz CT molecular complexity index is 770. The molecule has 0 saturated carbocycles. The number of nitrogens with zero attached hydrogens (tertiary/aromatic N) is 1. The van der Waals surface area contributed by atoms with E-state index >= 15 is 0 Å². The summed E-state index contributed by atoms with van der Waals surface area (Å²) in [6.07, 6.45) is 0. The molecular formula is C12H7Cl2NO5S. The average Bonchev–Trinajstić information content (AvgIpc) is 2.38. The van der Waals surface area contributed by atoms with Gasteiger partial charge in [-0.05, 0) is 24.3 Å². The van der Waals surface area contributed by atoms with Crippen molar-refractivity contribution in [2.24, 2.45) is 0 Å². The normalized spacial score (nSPS) is 11.1. The van der Waals surface area contributed by atoms with Gasteiger partial charge in [-0.3, -0.25) is 10.1 Å². The Morgan fingerprint density at radius 3 is 2.00 bits per heavy atom. The van der Waals surface area contributed by atoms with Gasteiger partial charge in [-0.15, -0.1) is 0 Å². The third-order valence-electron chi connectivity index (χ3n) is 2.42. The maximum Gasteiger partial charge on any atom is 0.342 e. The summed E-state index contributed by atoms with van der Waals surface area (Å²) in [4.78, 5) is 9.56. The Hall–Kier alpha value is -1.83. The van der Waals surface area contributed by atoms with Gasteiger partial charge in [0.2, 0.25) is 0 Å². The molecule has 0 bridgehead atoms. The lowest BCUT2D eigenvalue weighted by Crippen LogP contribution is -2.11. The third-order valence-corrected chi connectivity index (χ3v) is 4.63. The topological polar surface area (TPSA) is 86.5 Å². The van der Waals surface area contributed by atoms with Crippen molar-refractivity contribution in [1.29, 1.82) is 0 Å². The molecule has 110 valence electrons. The number of halogens is 2. The Kier molecular flexibility index (Phi) is 4.36. The minimum absolute atomic E-state index is 0.0792.